The van der Waals surface area contributed by atoms with E-state index in [0.717, 1.165) is 5.52 Å². The van der Waals surface area contributed by atoms with Gasteiger partial charge < -0.3 is 0 Å². The highest BCUT2D eigenvalue weighted by Crippen LogP contribution is 2.28. The Morgan fingerprint density at radius 1 is 1.06 bits per heavy atom. The van der Waals surface area contributed by atoms with Crippen molar-refractivity contribution in [2.45, 2.75) is 54.4 Å². The van der Waals surface area contributed by atoms with E-state index in [0.29, 0.717) is 5.92 Å². The second-order valence-corrected chi connectivity index (χ2v) is 4.74. The Kier molecular flexibility index (Phi) is 7.72. The number of aryl methyl sites for hydroxylation is 1. The van der Waals surface area contributed by atoms with Crippen molar-refractivity contribution in [1.82, 2.24) is 9.97 Å². The third kappa shape index (κ3) is 4.08. The van der Waals surface area contributed by atoms with Gasteiger partial charge in [0, 0.05) is 4.88 Å². The Bertz CT molecular complexity index is 433. The lowest BCUT2D eigenvalue weighted by Gasteiger charge is -2.03. The molecule has 96 valence electrons. The Morgan fingerprint density at radius 3 is 2.18 bits per heavy atom. The van der Waals surface area contributed by atoms with Gasteiger partial charge in [-0.25, -0.2) is 9.97 Å². The highest BCUT2D eigenvalue weighted by molar-refractivity contribution is 7.19. The average molecular weight is 252 g/mol. The average Bonchev–Trinajstić information content (AvgIpc) is 2.73. The summed E-state index contributed by atoms with van der Waals surface area (Å²) in [5.41, 5.74) is 2.25. The second kappa shape index (κ2) is 8.18. The van der Waals surface area contributed by atoms with Crippen molar-refractivity contribution in [2.24, 2.45) is 0 Å². The number of fused-ring (bicyclic) bond motifs is 1. The van der Waals surface area contributed by atoms with E-state index >= 15 is 0 Å². The van der Waals surface area contributed by atoms with E-state index in [2.05, 4.69) is 36.8 Å². The molecule has 0 atom stereocenters. The van der Waals surface area contributed by atoms with Crippen LogP contribution >= 0.6 is 11.3 Å². The topological polar surface area (TPSA) is 25.8 Å². The molecular formula is C14H24N2S. The summed E-state index contributed by atoms with van der Waals surface area (Å²) < 4.78 is 1.25. The van der Waals surface area contributed by atoms with Crippen molar-refractivity contribution >= 4 is 21.6 Å². The van der Waals surface area contributed by atoms with Gasteiger partial charge >= 0.3 is 0 Å². The molecule has 0 saturated carbocycles. The first kappa shape index (κ1) is 16.0. The zero-order valence-corrected chi connectivity index (χ0v) is 12.9. The smallest absolute Gasteiger partial charge is 0.116 e. The zero-order chi connectivity index (χ0) is 13.4. The monoisotopic (exact) mass is 252 g/mol. The van der Waals surface area contributed by atoms with Crippen LogP contribution in [0, 0.1) is 6.92 Å². The molecule has 3 heteroatoms. The fourth-order valence-electron chi connectivity index (χ4n) is 1.40. The molecule has 2 nitrogen and oxygen atoms in total. The van der Waals surface area contributed by atoms with Crippen LogP contribution in [0.3, 0.4) is 0 Å². The lowest BCUT2D eigenvalue weighted by atomic mass is 10.1. The van der Waals surface area contributed by atoms with Crippen molar-refractivity contribution in [2.75, 3.05) is 0 Å². The summed E-state index contributed by atoms with van der Waals surface area (Å²) in [6, 6.07) is 2.12. The normalized spacial score (nSPS) is 9.41. The van der Waals surface area contributed by atoms with Gasteiger partial charge in [0.05, 0.1) is 15.9 Å². The molecule has 2 rings (SSSR count). The van der Waals surface area contributed by atoms with Gasteiger partial charge in [0.25, 0.3) is 0 Å². The Hall–Kier alpha value is -0.960. The first-order chi connectivity index (χ1) is 8.18. The maximum atomic E-state index is 4.32. The van der Waals surface area contributed by atoms with E-state index in [1.54, 1.807) is 17.7 Å². The molecule has 0 fully saturated rings. The predicted molar refractivity (Wildman–Crippen MR) is 78.9 cm³/mol. The number of thiophene rings is 1. The van der Waals surface area contributed by atoms with Gasteiger partial charge in [-0.05, 0) is 18.9 Å². The molecule has 0 spiro atoms. The van der Waals surface area contributed by atoms with Gasteiger partial charge in [-0.1, -0.05) is 41.5 Å². The Labute approximate surface area is 109 Å². The number of hydrogen-bond donors (Lipinski definition) is 0. The van der Waals surface area contributed by atoms with Gasteiger partial charge in [0.1, 0.15) is 6.33 Å². The molecule has 0 N–H and O–H groups in total. The molecule has 0 radical (unpaired) electrons. The highest BCUT2D eigenvalue weighted by Gasteiger charge is 2.09. The van der Waals surface area contributed by atoms with Crippen molar-refractivity contribution in [1.29, 1.82) is 0 Å². The van der Waals surface area contributed by atoms with E-state index in [4.69, 9.17) is 0 Å². The summed E-state index contributed by atoms with van der Waals surface area (Å²) in [6.45, 7) is 14.4. The maximum absolute atomic E-state index is 4.32. The van der Waals surface area contributed by atoms with Gasteiger partial charge in [0.15, 0.2) is 0 Å². The summed E-state index contributed by atoms with van der Waals surface area (Å²) in [4.78, 5) is 9.87. The van der Waals surface area contributed by atoms with Crippen LogP contribution in [0.15, 0.2) is 12.4 Å². The maximum Gasteiger partial charge on any atom is 0.116 e. The van der Waals surface area contributed by atoms with Crippen LogP contribution in [-0.4, -0.2) is 9.97 Å². The first-order valence-electron chi connectivity index (χ1n) is 6.39. The van der Waals surface area contributed by atoms with E-state index in [-0.39, 0.29) is 0 Å². The summed E-state index contributed by atoms with van der Waals surface area (Å²) in [5.74, 6) is 0.476. The number of aromatic nitrogens is 2. The molecule has 0 saturated heterocycles. The van der Waals surface area contributed by atoms with E-state index in [9.17, 15) is 0 Å². The quantitative estimate of drug-likeness (QED) is 0.699. The van der Waals surface area contributed by atoms with E-state index in [1.807, 2.05) is 27.7 Å². The van der Waals surface area contributed by atoms with Crippen LogP contribution in [-0.2, 0) is 0 Å². The molecule has 0 aliphatic rings. The summed E-state index contributed by atoms with van der Waals surface area (Å²) in [5, 5.41) is 0. The van der Waals surface area contributed by atoms with Crippen LogP contribution in [0.2, 0.25) is 0 Å². The largest absolute Gasteiger partial charge is 0.240 e. The molecule has 2 aromatic rings. The Balaban J connectivity index is 0.000000581. The van der Waals surface area contributed by atoms with Crippen molar-refractivity contribution in [3.05, 3.63) is 23.0 Å². The standard InChI is InChI=1S/C10H12N2S.2C2H6/c1-6(2)9-10-8(11-5-12-9)4-7(3)13-10;2*1-2/h4-6H,1-3H3;2*1-2H3. The van der Waals surface area contributed by atoms with Crippen molar-refractivity contribution in [3.63, 3.8) is 0 Å². The third-order valence-corrected chi connectivity index (χ3v) is 3.07. The lowest BCUT2D eigenvalue weighted by Crippen LogP contribution is -1.92. The summed E-state index contributed by atoms with van der Waals surface area (Å²) in [7, 11) is 0. The number of nitrogens with zero attached hydrogens (tertiary/aromatic N) is 2. The predicted octanol–water partition coefficient (Wildman–Crippen LogP) is 5.18. The molecule has 17 heavy (non-hydrogen) atoms. The molecule has 0 aromatic carbocycles. The third-order valence-electron chi connectivity index (χ3n) is 2.01. The van der Waals surface area contributed by atoms with Gasteiger partial charge in [-0.2, -0.15) is 0 Å². The second-order valence-electron chi connectivity index (χ2n) is 3.49. The first-order valence-corrected chi connectivity index (χ1v) is 7.21. The molecule has 2 heterocycles. The van der Waals surface area contributed by atoms with Crippen LogP contribution in [0.5, 0.6) is 0 Å². The minimum Gasteiger partial charge on any atom is -0.240 e. The van der Waals surface area contributed by atoms with E-state index in [1.165, 1.54) is 15.3 Å². The molecule has 0 aliphatic heterocycles. The SMILES string of the molecule is CC.CC.Cc1cc2ncnc(C(C)C)c2s1. The highest BCUT2D eigenvalue weighted by atomic mass is 32.1. The summed E-state index contributed by atoms with van der Waals surface area (Å²) in [6.07, 6.45) is 1.66. The van der Waals surface area contributed by atoms with Crippen molar-refractivity contribution < 1.29 is 0 Å². The van der Waals surface area contributed by atoms with Gasteiger partial charge in [-0.3, -0.25) is 0 Å². The Morgan fingerprint density at radius 2 is 1.65 bits per heavy atom. The molecule has 0 bridgehead atoms. The van der Waals surface area contributed by atoms with Crippen molar-refractivity contribution in [3.8, 4) is 0 Å². The molecule has 0 amide bonds. The summed E-state index contributed by atoms with van der Waals surface area (Å²) >= 11 is 1.78. The fraction of sp³-hybridized carbons (Fsp3) is 0.571. The van der Waals surface area contributed by atoms with Gasteiger partial charge in [-0.15, -0.1) is 11.3 Å². The van der Waals surface area contributed by atoms with E-state index < -0.39 is 0 Å². The molecule has 0 aliphatic carbocycles. The zero-order valence-electron chi connectivity index (χ0n) is 12.0. The van der Waals surface area contributed by atoms with Crippen LogP contribution in [0.1, 0.15) is 58.0 Å². The van der Waals surface area contributed by atoms with Crippen LogP contribution < -0.4 is 0 Å². The number of hydrogen-bond acceptors (Lipinski definition) is 3. The minimum atomic E-state index is 0.476. The minimum absolute atomic E-state index is 0.476. The molecule has 2 aromatic heterocycles. The van der Waals surface area contributed by atoms with Crippen LogP contribution in [0.25, 0.3) is 10.2 Å². The van der Waals surface area contributed by atoms with Crippen LogP contribution in [0.4, 0.5) is 0 Å². The molecule has 0 unspecified atom stereocenters. The lowest BCUT2D eigenvalue weighted by molar-refractivity contribution is 0.831. The van der Waals surface area contributed by atoms with Gasteiger partial charge in [0.2, 0.25) is 0 Å². The molecular weight excluding hydrogens is 228 g/mol. The fourth-order valence-corrected chi connectivity index (χ4v) is 2.51. The number of rotatable bonds is 1.